The fourth-order valence-corrected chi connectivity index (χ4v) is 1.71. The Morgan fingerprint density at radius 3 is 2.54 bits per heavy atom. The van der Waals surface area contributed by atoms with Gasteiger partial charge in [-0.25, -0.2) is 0 Å². The molecule has 0 spiro atoms. The summed E-state index contributed by atoms with van der Waals surface area (Å²) in [5.74, 6) is -1.87. The molecule has 13 heavy (non-hydrogen) atoms. The molecule has 0 saturated carbocycles. The van der Waals surface area contributed by atoms with E-state index in [9.17, 15) is 18.0 Å². The summed E-state index contributed by atoms with van der Waals surface area (Å²) in [5.41, 5.74) is 0. The first-order valence-electron chi connectivity index (χ1n) is 3.59. The molecule has 1 aliphatic rings. The van der Waals surface area contributed by atoms with E-state index in [0.29, 0.717) is 6.42 Å². The second-order valence-electron chi connectivity index (χ2n) is 2.68. The molecule has 1 amide bonds. The monoisotopic (exact) mass is 305 g/mol. The van der Waals surface area contributed by atoms with Crippen molar-refractivity contribution in [1.29, 1.82) is 0 Å². The molecule has 0 saturated heterocycles. The first-order valence-corrected chi connectivity index (χ1v) is 4.84. The zero-order valence-electron chi connectivity index (χ0n) is 6.44. The van der Waals surface area contributed by atoms with E-state index in [1.54, 1.807) is 12.2 Å². The summed E-state index contributed by atoms with van der Waals surface area (Å²) in [6.07, 6.45) is -0.741. The fraction of sp³-hybridized carbons (Fsp3) is 0.571. The fourth-order valence-electron chi connectivity index (χ4n) is 0.994. The smallest absolute Gasteiger partial charge is 0.341 e. The van der Waals surface area contributed by atoms with Crippen LogP contribution >= 0.6 is 22.6 Å². The van der Waals surface area contributed by atoms with Crippen LogP contribution in [-0.4, -0.2) is 22.0 Å². The highest BCUT2D eigenvalue weighted by molar-refractivity contribution is 14.1. The van der Waals surface area contributed by atoms with Crippen LogP contribution in [0.25, 0.3) is 0 Å². The van der Waals surface area contributed by atoms with Gasteiger partial charge in [0, 0.05) is 3.92 Å². The van der Waals surface area contributed by atoms with Gasteiger partial charge < -0.3 is 5.32 Å². The standard InChI is InChI=1S/C7H7F3INO/c8-7(9,10)6(13)12-5-3-1-2-4(5)11/h1,3-5H,2H2,(H,12,13). The van der Waals surface area contributed by atoms with E-state index in [4.69, 9.17) is 0 Å². The van der Waals surface area contributed by atoms with Crippen LogP contribution < -0.4 is 5.32 Å². The van der Waals surface area contributed by atoms with Crippen LogP contribution in [-0.2, 0) is 4.79 Å². The molecule has 1 rings (SSSR count). The summed E-state index contributed by atoms with van der Waals surface area (Å²) in [7, 11) is 0. The average molecular weight is 305 g/mol. The van der Waals surface area contributed by atoms with Gasteiger partial charge in [-0.1, -0.05) is 34.7 Å². The molecule has 2 atom stereocenters. The van der Waals surface area contributed by atoms with Crippen molar-refractivity contribution < 1.29 is 18.0 Å². The normalized spacial score (nSPS) is 27.7. The van der Waals surface area contributed by atoms with Gasteiger partial charge in [0.15, 0.2) is 0 Å². The lowest BCUT2D eigenvalue weighted by atomic mass is 10.2. The third-order valence-corrected chi connectivity index (χ3v) is 2.93. The maximum absolute atomic E-state index is 11.8. The summed E-state index contributed by atoms with van der Waals surface area (Å²) in [6, 6.07) is -0.491. The maximum atomic E-state index is 11.8. The predicted octanol–water partition coefficient (Wildman–Crippen LogP) is 1.80. The van der Waals surface area contributed by atoms with Crippen LogP contribution in [0.15, 0.2) is 12.2 Å². The summed E-state index contributed by atoms with van der Waals surface area (Å²) < 4.78 is 35.4. The first kappa shape index (κ1) is 10.8. The largest absolute Gasteiger partial charge is 0.471 e. The number of nitrogens with one attached hydrogen (secondary N) is 1. The molecule has 0 aromatic heterocycles. The van der Waals surface area contributed by atoms with Crippen molar-refractivity contribution in [2.75, 3.05) is 0 Å². The minimum atomic E-state index is -4.78. The van der Waals surface area contributed by atoms with Gasteiger partial charge in [0.1, 0.15) is 0 Å². The zero-order valence-corrected chi connectivity index (χ0v) is 8.59. The number of alkyl halides is 4. The molecule has 2 unspecified atom stereocenters. The number of rotatable bonds is 1. The van der Waals surface area contributed by atoms with Crippen LogP contribution in [0.5, 0.6) is 0 Å². The van der Waals surface area contributed by atoms with E-state index in [0.717, 1.165) is 0 Å². The summed E-state index contributed by atoms with van der Waals surface area (Å²) in [6.45, 7) is 0. The Hall–Kier alpha value is -0.270. The topological polar surface area (TPSA) is 29.1 Å². The number of halogens is 4. The average Bonchev–Trinajstić information content (AvgIpc) is 2.34. The molecule has 0 aliphatic heterocycles. The lowest BCUT2D eigenvalue weighted by Crippen LogP contribution is -2.44. The van der Waals surface area contributed by atoms with E-state index in [1.165, 1.54) is 0 Å². The molecule has 0 heterocycles. The SMILES string of the molecule is O=C(NC1C=CCC1I)C(F)(F)F. The molecule has 0 fully saturated rings. The number of carbonyl (C=O) groups is 1. The zero-order chi connectivity index (χ0) is 10.1. The van der Waals surface area contributed by atoms with Gasteiger partial charge in [-0.3, -0.25) is 4.79 Å². The van der Waals surface area contributed by atoms with Gasteiger partial charge in [-0.15, -0.1) is 0 Å². The number of allylic oxidation sites excluding steroid dienone is 1. The number of hydrogen-bond donors (Lipinski definition) is 1. The molecule has 1 N–H and O–H groups in total. The van der Waals surface area contributed by atoms with Crippen molar-refractivity contribution in [3.05, 3.63) is 12.2 Å². The Kier molecular flexibility index (Phi) is 3.20. The Labute approximate surface area is 86.7 Å². The Bertz CT molecular complexity index is 238. The van der Waals surface area contributed by atoms with Crippen LogP contribution in [0, 0.1) is 0 Å². The molecular weight excluding hydrogens is 298 g/mol. The third-order valence-electron chi connectivity index (χ3n) is 1.65. The van der Waals surface area contributed by atoms with Gasteiger partial charge in [0.25, 0.3) is 0 Å². The quantitative estimate of drug-likeness (QED) is 0.447. The van der Waals surface area contributed by atoms with Crippen LogP contribution in [0.4, 0.5) is 13.2 Å². The predicted molar refractivity (Wildman–Crippen MR) is 49.6 cm³/mol. The van der Waals surface area contributed by atoms with Gasteiger partial charge in [-0.05, 0) is 6.42 Å². The minimum absolute atomic E-state index is 0.0175. The molecule has 0 aromatic rings. The van der Waals surface area contributed by atoms with Crippen molar-refractivity contribution in [3.63, 3.8) is 0 Å². The highest BCUT2D eigenvalue weighted by atomic mass is 127. The van der Waals surface area contributed by atoms with Crippen molar-refractivity contribution >= 4 is 28.5 Å². The van der Waals surface area contributed by atoms with E-state index < -0.39 is 18.1 Å². The highest BCUT2D eigenvalue weighted by Crippen LogP contribution is 2.21. The van der Waals surface area contributed by atoms with Crippen LogP contribution in [0.2, 0.25) is 0 Å². The van der Waals surface area contributed by atoms with E-state index >= 15 is 0 Å². The van der Waals surface area contributed by atoms with E-state index in [1.807, 2.05) is 27.9 Å². The molecule has 0 bridgehead atoms. The lowest BCUT2D eigenvalue weighted by molar-refractivity contribution is -0.174. The first-order chi connectivity index (χ1) is 5.91. The number of amides is 1. The third kappa shape index (κ3) is 2.85. The molecule has 0 radical (unpaired) electrons. The number of hydrogen-bond acceptors (Lipinski definition) is 1. The van der Waals surface area contributed by atoms with Gasteiger partial charge >= 0.3 is 12.1 Å². The van der Waals surface area contributed by atoms with Gasteiger partial charge in [-0.2, -0.15) is 13.2 Å². The summed E-state index contributed by atoms with van der Waals surface area (Å²) in [5, 5.41) is 1.91. The van der Waals surface area contributed by atoms with Crippen molar-refractivity contribution in [2.45, 2.75) is 22.6 Å². The molecular formula is C7H7F3INO. The molecule has 2 nitrogen and oxygen atoms in total. The van der Waals surface area contributed by atoms with Gasteiger partial charge in [0.05, 0.1) is 6.04 Å². The molecule has 6 heteroatoms. The summed E-state index contributed by atoms with van der Waals surface area (Å²) in [4.78, 5) is 10.5. The van der Waals surface area contributed by atoms with E-state index in [2.05, 4.69) is 0 Å². The molecule has 0 aromatic carbocycles. The van der Waals surface area contributed by atoms with Crippen molar-refractivity contribution in [2.24, 2.45) is 0 Å². The summed E-state index contributed by atoms with van der Waals surface area (Å²) >= 11 is 2.01. The maximum Gasteiger partial charge on any atom is 0.471 e. The lowest BCUT2D eigenvalue weighted by Gasteiger charge is -2.16. The number of carbonyl (C=O) groups excluding carboxylic acids is 1. The second kappa shape index (κ2) is 3.85. The molecule has 1 aliphatic carbocycles. The van der Waals surface area contributed by atoms with Crippen LogP contribution in [0.1, 0.15) is 6.42 Å². The Morgan fingerprint density at radius 1 is 1.54 bits per heavy atom. The van der Waals surface area contributed by atoms with E-state index in [-0.39, 0.29) is 3.92 Å². The Balaban J connectivity index is 2.50. The van der Waals surface area contributed by atoms with Crippen molar-refractivity contribution in [1.82, 2.24) is 5.32 Å². The van der Waals surface area contributed by atoms with Gasteiger partial charge in [0.2, 0.25) is 0 Å². The minimum Gasteiger partial charge on any atom is -0.341 e. The van der Waals surface area contributed by atoms with Crippen LogP contribution in [0.3, 0.4) is 0 Å². The van der Waals surface area contributed by atoms with Crippen molar-refractivity contribution in [3.8, 4) is 0 Å². The second-order valence-corrected chi connectivity index (χ2v) is 4.28. The Morgan fingerprint density at radius 2 is 2.15 bits per heavy atom. The molecule has 74 valence electrons. The highest BCUT2D eigenvalue weighted by Gasteiger charge is 2.40.